The largest absolute Gasteiger partial charge is 0.496 e. The second-order valence-electron chi connectivity index (χ2n) is 4.13. The predicted octanol–water partition coefficient (Wildman–Crippen LogP) is 3.04. The van der Waals surface area contributed by atoms with Crippen LogP contribution in [0.25, 0.3) is 0 Å². The molecule has 1 aromatic carbocycles. The van der Waals surface area contributed by atoms with E-state index < -0.39 is 29.9 Å². The third kappa shape index (κ3) is 4.74. The fraction of sp³-hybridized carbons (Fsp3) is 0.462. The molecule has 4 nitrogen and oxygen atoms in total. The Labute approximate surface area is 131 Å². The van der Waals surface area contributed by atoms with Crippen LogP contribution >= 0.6 is 12.4 Å². The molecule has 9 heteroatoms. The zero-order chi connectivity index (χ0) is 16.2. The maximum atomic E-state index is 13.8. The van der Waals surface area contributed by atoms with Gasteiger partial charge in [-0.2, -0.15) is 13.2 Å². The lowest BCUT2D eigenvalue weighted by Gasteiger charge is -2.19. The molecule has 22 heavy (non-hydrogen) atoms. The second-order valence-corrected chi connectivity index (χ2v) is 4.13. The fourth-order valence-corrected chi connectivity index (χ4v) is 1.69. The molecule has 0 aliphatic carbocycles. The van der Waals surface area contributed by atoms with Gasteiger partial charge in [-0.05, 0) is 19.1 Å². The predicted molar refractivity (Wildman–Crippen MR) is 73.7 cm³/mol. The lowest BCUT2D eigenvalue weighted by molar-refractivity contribution is -0.150. The van der Waals surface area contributed by atoms with Crippen LogP contribution in [0.4, 0.5) is 17.6 Å². The summed E-state index contributed by atoms with van der Waals surface area (Å²) in [5.74, 6) is -1.42. The van der Waals surface area contributed by atoms with Crippen LogP contribution < -0.4 is 10.5 Å². The first-order valence-electron chi connectivity index (χ1n) is 6.03. The number of hydrogen-bond donors (Lipinski definition) is 1. The van der Waals surface area contributed by atoms with Gasteiger partial charge < -0.3 is 15.2 Å². The molecule has 0 fully saturated rings. The first kappa shape index (κ1) is 20.5. The topological polar surface area (TPSA) is 61.5 Å². The van der Waals surface area contributed by atoms with Crippen LogP contribution in [0.3, 0.4) is 0 Å². The van der Waals surface area contributed by atoms with Crippen molar-refractivity contribution in [2.45, 2.75) is 25.3 Å². The van der Waals surface area contributed by atoms with Crippen LogP contribution in [0.1, 0.15) is 24.1 Å². The molecule has 0 aliphatic rings. The van der Waals surface area contributed by atoms with Gasteiger partial charge in [0, 0.05) is 5.56 Å². The van der Waals surface area contributed by atoms with Gasteiger partial charge >= 0.3 is 12.1 Å². The van der Waals surface area contributed by atoms with Crippen LogP contribution in [0.2, 0.25) is 0 Å². The van der Waals surface area contributed by atoms with Crippen molar-refractivity contribution in [2.24, 2.45) is 5.73 Å². The number of ether oxygens (including phenoxy) is 2. The van der Waals surface area contributed by atoms with Crippen LogP contribution in [0, 0.1) is 0 Å². The number of carbonyl (C=O) groups excluding carboxylic acids is 1. The van der Waals surface area contributed by atoms with Gasteiger partial charge in [0.05, 0.1) is 25.3 Å². The Morgan fingerprint density at radius 1 is 1.36 bits per heavy atom. The minimum Gasteiger partial charge on any atom is -0.496 e. The van der Waals surface area contributed by atoms with Gasteiger partial charge in [-0.1, -0.05) is 6.07 Å². The molecule has 1 aromatic rings. The molecule has 126 valence electrons. The smallest absolute Gasteiger partial charge is 0.416 e. The maximum Gasteiger partial charge on any atom is 0.416 e. The van der Waals surface area contributed by atoms with Gasteiger partial charge in [0.2, 0.25) is 6.17 Å². The van der Waals surface area contributed by atoms with Gasteiger partial charge in [-0.3, -0.25) is 0 Å². The molecule has 2 N–H and O–H groups in total. The van der Waals surface area contributed by atoms with E-state index in [1.54, 1.807) is 0 Å². The summed E-state index contributed by atoms with van der Waals surface area (Å²) < 4.78 is 60.9. The van der Waals surface area contributed by atoms with Crippen LogP contribution in [-0.4, -0.2) is 25.9 Å². The number of alkyl halides is 4. The van der Waals surface area contributed by atoms with E-state index in [-0.39, 0.29) is 30.3 Å². The Kier molecular flexibility index (Phi) is 7.61. The normalized spacial score (nSPS) is 13.8. The molecular weight excluding hydrogens is 330 g/mol. The highest BCUT2D eigenvalue weighted by molar-refractivity contribution is 5.85. The number of nitrogens with two attached hydrogens (primary N) is 1. The number of carbonyl (C=O) groups is 1. The van der Waals surface area contributed by atoms with Gasteiger partial charge in [-0.15, -0.1) is 12.4 Å². The van der Waals surface area contributed by atoms with Crippen molar-refractivity contribution in [3.63, 3.8) is 0 Å². The van der Waals surface area contributed by atoms with Crippen LogP contribution in [-0.2, 0) is 15.7 Å². The first-order chi connectivity index (χ1) is 9.72. The van der Waals surface area contributed by atoms with E-state index in [2.05, 4.69) is 4.74 Å². The van der Waals surface area contributed by atoms with Crippen LogP contribution in [0.15, 0.2) is 18.2 Å². The van der Waals surface area contributed by atoms with Gasteiger partial charge in [0.25, 0.3) is 0 Å². The molecule has 1 unspecified atom stereocenters. The maximum absolute atomic E-state index is 13.8. The molecule has 0 aliphatic heterocycles. The van der Waals surface area contributed by atoms with Crippen molar-refractivity contribution in [3.05, 3.63) is 29.3 Å². The van der Waals surface area contributed by atoms with Gasteiger partial charge in [-0.25, -0.2) is 9.18 Å². The minimum absolute atomic E-state index is 0. The van der Waals surface area contributed by atoms with E-state index in [4.69, 9.17) is 10.5 Å². The number of methoxy groups -OCH3 is 1. The van der Waals surface area contributed by atoms with Crippen molar-refractivity contribution in [3.8, 4) is 5.75 Å². The Bertz CT molecular complexity index is 511. The Hall–Kier alpha value is -1.54. The lowest BCUT2D eigenvalue weighted by atomic mass is 10.00. The molecule has 0 saturated carbocycles. The summed E-state index contributed by atoms with van der Waals surface area (Å²) >= 11 is 0. The van der Waals surface area contributed by atoms with Gasteiger partial charge in [0.15, 0.2) is 0 Å². The third-order valence-corrected chi connectivity index (χ3v) is 2.75. The highest BCUT2D eigenvalue weighted by Crippen LogP contribution is 2.35. The van der Waals surface area contributed by atoms with E-state index in [0.717, 1.165) is 19.2 Å². The van der Waals surface area contributed by atoms with Crippen molar-refractivity contribution in [1.29, 1.82) is 0 Å². The Morgan fingerprint density at radius 3 is 2.41 bits per heavy atom. The quantitative estimate of drug-likeness (QED) is 0.658. The van der Waals surface area contributed by atoms with E-state index >= 15 is 0 Å². The van der Waals surface area contributed by atoms with Crippen molar-refractivity contribution < 1.29 is 31.8 Å². The monoisotopic (exact) mass is 345 g/mol. The summed E-state index contributed by atoms with van der Waals surface area (Å²) in [6, 6.07) is 0.946. The molecule has 0 heterocycles. The lowest BCUT2D eigenvalue weighted by Crippen LogP contribution is -2.31. The molecule has 1 rings (SSSR count). The molecule has 0 radical (unpaired) electrons. The van der Waals surface area contributed by atoms with E-state index in [0.29, 0.717) is 6.07 Å². The summed E-state index contributed by atoms with van der Waals surface area (Å²) in [7, 11) is 1.13. The summed E-state index contributed by atoms with van der Waals surface area (Å²) in [6.07, 6.45) is -6.76. The molecule has 0 spiro atoms. The number of halogens is 5. The number of esters is 1. The SMILES string of the molecule is CCOC(=O)C(F)[C@H](N)c1ccc(C(F)(F)F)cc1OC.Cl. The Balaban J connectivity index is 0.00000441. The molecular formula is C13H16ClF4NO3. The number of hydrogen-bond acceptors (Lipinski definition) is 4. The summed E-state index contributed by atoms with van der Waals surface area (Å²) in [6.45, 7) is 1.46. The number of benzene rings is 1. The minimum atomic E-state index is -4.56. The van der Waals surface area contributed by atoms with E-state index in [1.165, 1.54) is 6.92 Å². The molecule has 0 saturated heterocycles. The van der Waals surface area contributed by atoms with E-state index in [9.17, 15) is 22.4 Å². The van der Waals surface area contributed by atoms with Crippen molar-refractivity contribution >= 4 is 18.4 Å². The van der Waals surface area contributed by atoms with Crippen LogP contribution in [0.5, 0.6) is 5.75 Å². The summed E-state index contributed by atoms with van der Waals surface area (Å²) in [5.41, 5.74) is 4.56. The molecule has 0 aromatic heterocycles. The summed E-state index contributed by atoms with van der Waals surface area (Å²) in [5, 5.41) is 0. The third-order valence-electron chi connectivity index (χ3n) is 2.75. The first-order valence-corrected chi connectivity index (χ1v) is 6.03. The highest BCUT2D eigenvalue weighted by atomic mass is 35.5. The fourth-order valence-electron chi connectivity index (χ4n) is 1.69. The average molecular weight is 346 g/mol. The van der Waals surface area contributed by atoms with E-state index in [1.807, 2.05) is 0 Å². The number of rotatable bonds is 5. The standard InChI is InChI=1S/C13H15F4NO3.ClH/c1-3-21-12(19)10(14)11(18)8-5-4-7(13(15,16)17)6-9(8)20-2;/h4-6,10-11H,3,18H2,1-2H3;1H/t10?,11-;/m1./s1. The Morgan fingerprint density at radius 2 is 1.95 bits per heavy atom. The van der Waals surface area contributed by atoms with Crippen molar-refractivity contribution in [1.82, 2.24) is 0 Å². The summed E-state index contributed by atoms with van der Waals surface area (Å²) in [4.78, 5) is 11.3. The van der Waals surface area contributed by atoms with Gasteiger partial charge in [0.1, 0.15) is 5.75 Å². The van der Waals surface area contributed by atoms with Crippen molar-refractivity contribution in [2.75, 3.05) is 13.7 Å². The second kappa shape index (κ2) is 8.19. The zero-order valence-electron chi connectivity index (χ0n) is 11.8. The average Bonchev–Trinajstić information content (AvgIpc) is 2.44. The highest BCUT2D eigenvalue weighted by Gasteiger charge is 2.34. The zero-order valence-corrected chi connectivity index (χ0v) is 12.6. The molecule has 0 bridgehead atoms. The molecule has 0 amide bonds. The molecule has 2 atom stereocenters.